The third kappa shape index (κ3) is 3.30. The molecule has 2 rings (SSSR count). The van der Waals surface area contributed by atoms with Gasteiger partial charge in [-0.2, -0.15) is 5.26 Å². The van der Waals surface area contributed by atoms with E-state index in [2.05, 4.69) is 10.3 Å². The monoisotopic (exact) mass is 300 g/mol. The standard InChI is InChI=1S/C15H16N4O3/c1-3-8-22-15(20)11-4-6-12(7-5-11)19-14(10-21-2)13(9-16)17-18-19/h4-7H,3,8,10H2,1-2H3. The molecule has 0 saturated heterocycles. The number of carbonyl (C=O) groups excluding carboxylic acids is 1. The number of ether oxygens (including phenoxy) is 2. The predicted molar refractivity (Wildman–Crippen MR) is 77.4 cm³/mol. The fourth-order valence-corrected chi connectivity index (χ4v) is 1.88. The van der Waals surface area contributed by atoms with Gasteiger partial charge in [-0.1, -0.05) is 12.1 Å². The first kappa shape index (κ1) is 15.7. The summed E-state index contributed by atoms with van der Waals surface area (Å²) in [5.74, 6) is -0.359. The average molecular weight is 300 g/mol. The fraction of sp³-hybridized carbons (Fsp3) is 0.333. The normalized spacial score (nSPS) is 10.2. The van der Waals surface area contributed by atoms with Crippen molar-refractivity contribution >= 4 is 5.97 Å². The molecule has 114 valence electrons. The SMILES string of the molecule is CCCOC(=O)c1ccc(-n2nnc(C#N)c2COC)cc1. The van der Waals surface area contributed by atoms with E-state index in [-0.39, 0.29) is 18.3 Å². The van der Waals surface area contributed by atoms with Crippen molar-refractivity contribution in [3.63, 3.8) is 0 Å². The van der Waals surface area contributed by atoms with Gasteiger partial charge in [0, 0.05) is 7.11 Å². The second kappa shape index (κ2) is 7.33. The summed E-state index contributed by atoms with van der Waals surface area (Å²) in [7, 11) is 1.53. The molecule has 2 aromatic rings. The highest BCUT2D eigenvalue weighted by atomic mass is 16.5. The molecular weight excluding hydrogens is 284 g/mol. The van der Waals surface area contributed by atoms with E-state index in [0.29, 0.717) is 23.6 Å². The molecule has 1 aromatic heterocycles. The van der Waals surface area contributed by atoms with Gasteiger partial charge in [-0.3, -0.25) is 0 Å². The minimum atomic E-state index is -0.359. The molecule has 0 unspecified atom stereocenters. The van der Waals surface area contributed by atoms with Crippen LogP contribution in [0.5, 0.6) is 0 Å². The summed E-state index contributed by atoms with van der Waals surface area (Å²) in [4.78, 5) is 11.8. The lowest BCUT2D eigenvalue weighted by Gasteiger charge is -2.07. The molecule has 0 spiro atoms. The summed E-state index contributed by atoms with van der Waals surface area (Å²) in [5.41, 5.74) is 1.93. The van der Waals surface area contributed by atoms with Crippen LogP contribution >= 0.6 is 0 Å². The molecule has 0 aliphatic heterocycles. The number of esters is 1. The van der Waals surface area contributed by atoms with Gasteiger partial charge in [-0.15, -0.1) is 5.10 Å². The minimum Gasteiger partial charge on any atom is -0.462 e. The van der Waals surface area contributed by atoms with Crippen LogP contribution < -0.4 is 0 Å². The molecular formula is C15H16N4O3. The number of benzene rings is 1. The zero-order chi connectivity index (χ0) is 15.9. The maximum absolute atomic E-state index is 11.8. The van der Waals surface area contributed by atoms with Crippen LogP contribution in [0.4, 0.5) is 0 Å². The average Bonchev–Trinajstić information content (AvgIpc) is 2.96. The minimum absolute atomic E-state index is 0.216. The maximum Gasteiger partial charge on any atom is 0.338 e. The van der Waals surface area contributed by atoms with Crippen molar-refractivity contribution in [3.8, 4) is 11.8 Å². The van der Waals surface area contributed by atoms with Crippen LogP contribution in [0.25, 0.3) is 5.69 Å². The predicted octanol–water partition coefficient (Wildman–Crippen LogP) is 1.85. The van der Waals surface area contributed by atoms with Gasteiger partial charge in [0.05, 0.1) is 24.5 Å². The van der Waals surface area contributed by atoms with Gasteiger partial charge in [0.15, 0.2) is 5.69 Å². The van der Waals surface area contributed by atoms with Gasteiger partial charge in [-0.05, 0) is 30.7 Å². The quantitative estimate of drug-likeness (QED) is 0.756. The molecule has 22 heavy (non-hydrogen) atoms. The van der Waals surface area contributed by atoms with E-state index < -0.39 is 0 Å². The first-order valence-electron chi connectivity index (χ1n) is 6.82. The van der Waals surface area contributed by atoms with Gasteiger partial charge < -0.3 is 9.47 Å². The lowest BCUT2D eigenvalue weighted by atomic mass is 10.2. The largest absolute Gasteiger partial charge is 0.462 e. The molecule has 7 heteroatoms. The Kier molecular flexibility index (Phi) is 5.22. The Balaban J connectivity index is 2.26. The molecule has 1 aromatic carbocycles. The van der Waals surface area contributed by atoms with Crippen LogP contribution in [-0.4, -0.2) is 34.7 Å². The van der Waals surface area contributed by atoms with E-state index in [9.17, 15) is 4.79 Å². The molecule has 7 nitrogen and oxygen atoms in total. The van der Waals surface area contributed by atoms with Crippen LogP contribution in [0.3, 0.4) is 0 Å². The summed E-state index contributed by atoms with van der Waals surface area (Å²) in [6.07, 6.45) is 0.778. The fourth-order valence-electron chi connectivity index (χ4n) is 1.88. The Morgan fingerprint density at radius 2 is 2.09 bits per heavy atom. The van der Waals surface area contributed by atoms with Crippen molar-refractivity contribution in [1.29, 1.82) is 5.26 Å². The smallest absolute Gasteiger partial charge is 0.338 e. The lowest BCUT2D eigenvalue weighted by Crippen LogP contribution is -2.07. The number of nitriles is 1. The molecule has 0 fully saturated rings. The number of nitrogens with zero attached hydrogens (tertiary/aromatic N) is 4. The van der Waals surface area contributed by atoms with Gasteiger partial charge in [0.1, 0.15) is 11.8 Å². The van der Waals surface area contributed by atoms with Crippen LogP contribution in [-0.2, 0) is 16.1 Å². The second-order valence-corrected chi connectivity index (χ2v) is 4.52. The van der Waals surface area contributed by atoms with Crippen molar-refractivity contribution in [2.45, 2.75) is 20.0 Å². The molecule has 0 atom stereocenters. The molecule has 0 radical (unpaired) electrons. The van der Waals surface area contributed by atoms with Crippen LogP contribution in [0.2, 0.25) is 0 Å². The van der Waals surface area contributed by atoms with Gasteiger partial charge in [-0.25, -0.2) is 9.48 Å². The number of carbonyl (C=O) groups is 1. The van der Waals surface area contributed by atoms with Crippen molar-refractivity contribution in [2.75, 3.05) is 13.7 Å². The summed E-state index contributed by atoms with van der Waals surface area (Å²) in [6.45, 7) is 2.55. The molecule has 0 amide bonds. The number of methoxy groups -OCH3 is 1. The number of hydrogen-bond acceptors (Lipinski definition) is 6. The first-order chi connectivity index (χ1) is 10.7. The second-order valence-electron chi connectivity index (χ2n) is 4.52. The van der Waals surface area contributed by atoms with Crippen molar-refractivity contribution in [3.05, 3.63) is 41.2 Å². The number of rotatable bonds is 6. The molecule has 0 saturated carbocycles. The van der Waals surface area contributed by atoms with Crippen molar-refractivity contribution in [2.24, 2.45) is 0 Å². The summed E-state index contributed by atoms with van der Waals surface area (Å²) in [6, 6.07) is 8.72. The van der Waals surface area contributed by atoms with E-state index >= 15 is 0 Å². The Morgan fingerprint density at radius 1 is 1.36 bits per heavy atom. The van der Waals surface area contributed by atoms with Crippen molar-refractivity contribution < 1.29 is 14.3 Å². The summed E-state index contributed by atoms with van der Waals surface area (Å²) < 4.78 is 11.7. The third-order valence-corrected chi connectivity index (χ3v) is 2.93. The Hall–Kier alpha value is -2.72. The van der Waals surface area contributed by atoms with Crippen molar-refractivity contribution in [1.82, 2.24) is 15.0 Å². The van der Waals surface area contributed by atoms with Crippen LogP contribution in [0, 0.1) is 11.3 Å². The van der Waals surface area contributed by atoms with Gasteiger partial charge >= 0.3 is 5.97 Å². The van der Waals surface area contributed by atoms with Gasteiger partial charge in [0.2, 0.25) is 0 Å². The third-order valence-electron chi connectivity index (χ3n) is 2.93. The van der Waals surface area contributed by atoms with E-state index in [1.165, 1.54) is 11.8 Å². The molecule has 0 N–H and O–H groups in total. The molecule has 0 bridgehead atoms. The van der Waals surface area contributed by atoms with E-state index in [0.717, 1.165) is 6.42 Å². The first-order valence-corrected chi connectivity index (χ1v) is 6.82. The zero-order valence-electron chi connectivity index (χ0n) is 12.4. The maximum atomic E-state index is 11.8. The van der Waals surface area contributed by atoms with Gasteiger partial charge in [0.25, 0.3) is 0 Å². The topological polar surface area (TPSA) is 90.0 Å². The number of hydrogen-bond donors (Lipinski definition) is 0. The summed E-state index contributed by atoms with van der Waals surface area (Å²) in [5, 5.41) is 16.8. The highest BCUT2D eigenvalue weighted by molar-refractivity contribution is 5.89. The molecule has 1 heterocycles. The Morgan fingerprint density at radius 3 is 2.68 bits per heavy atom. The number of aromatic nitrogens is 3. The highest BCUT2D eigenvalue weighted by Gasteiger charge is 2.14. The Labute approximate surface area is 128 Å². The lowest BCUT2D eigenvalue weighted by molar-refractivity contribution is 0.0505. The van der Waals surface area contributed by atoms with E-state index in [1.807, 2.05) is 13.0 Å². The van der Waals surface area contributed by atoms with Crippen LogP contribution in [0.1, 0.15) is 35.1 Å². The molecule has 0 aliphatic rings. The van der Waals surface area contributed by atoms with E-state index in [4.69, 9.17) is 14.7 Å². The highest BCUT2D eigenvalue weighted by Crippen LogP contribution is 2.15. The van der Waals surface area contributed by atoms with Crippen LogP contribution in [0.15, 0.2) is 24.3 Å². The zero-order valence-corrected chi connectivity index (χ0v) is 12.4. The van der Waals surface area contributed by atoms with E-state index in [1.54, 1.807) is 24.3 Å². The molecule has 0 aliphatic carbocycles. The summed E-state index contributed by atoms with van der Waals surface area (Å²) >= 11 is 0. The Bertz CT molecular complexity index is 686.